The Hall–Kier alpha value is -2.46. The number of hydrogen-bond donors (Lipinski definition) is 1. The zero-order valence-electron chi connectivity index (χ0n) is 13.5. The molecule has 4 aromatic rings. The zero-order valence-corrected chi connectivity index (χ0v) is 15.8. The molecule has 138 valence electrons. The second kappa shape index (κ2) is 6.93. The lowest BCUT2D eigenvalue weighted by atomic mass is 10.2. The molecule has 0 aliphatic rings. The van der Waals surface area contributed by atoms with E-state index in [1.165, 1.54) is 4.40 Å². The van der Waals surface area contributed by atoms with Crippen LogP contribution in [0.1, 0.15) is 5.89 Å². The molecule has 0 aliphatic heterocycles. The van der Waals surface area contributed by atoms with Crippen molar-refractivity contribution in [2.45, 2.75) is 11.6 Å². The van der Waals surface area contributed by atoms with E-state index < -0.39 is 10.0 Å². The second-order valence-corrected chi connectivity index (χ2v) is 7.96. The molecule has 0 saturated carbocycles. The van der Waals surface area contributed by atoms with Gasteiger partial charge in [0.05, 0.1) is 6.54 Å². The third kappa shape index (κ3) is 3.54. The Morgan fingerprint density at radius 1 is 1.07 bits per heavy atom. The van der Waals surface area contributed by atoms with Gasteiger partial charge in [-0.05, 0) is 36.4 Å². The standard InChI is InChI=1S/C16H11Cl2N5O3S/c17-11-6-4-10(5-7-11)15-21-13(26-22-15)9-19-27(24,25)16-14(18)20-12-3-1-2-8-23(12)16/h1-8,19H,9H2. The van der Waals surface area contributed by atoms with Crippen molar-refractivity contribution < 1.29 is 12.9 Å². The third-order valence-electron chi connectivity index (χ3n) is 3.68. The van der Waals surface area contributed by atoms with Gasteiger partial charge >= 0.3 is 0 Å². The molecule has 11 heteroatoms. The number of halogens is 2. The molecule has 3 heterocycles. The average molecular weight is 424 g/mol. The predicted octanol–water partition coefficient (Wildman–Crippen LogP) is 3.17. The van der Waals surface area contributed by atoms with E-state index >= 15 is 0 Å². The summed E-state index contributed by atoms with van der Waals surface area (Å²) in [6, 6.07) is 11.9. The normalized spacial score (nSPS) is 11.9. The fourth-order valence-electron chi connectivity index (χ4n) is 2.45. The van der Waals surface area contributed by atoms with E-state index in [0.717, 1.165) is 0 Å². The topological polar surface area (TPSA) is 102 Å². The van der Waals surface area contributed by atoms with Crippen LogP contribution in [-0.4, -0.2) is 27.9 Å². The van der Waals surface area contributed by atoms with E-state index in [1.807, 2.05) is 0 Å². The van der Waals surface area contributed by atoms with Crippen LogP contribution in [0.4, 0.5) is 0 Å². The largest absolute Gasteiger partial charge is 0.338 e. The van der Waals surface area contributed by atoms with Crippen molar-refractivity contribution in [2.24, 2.45) is 0 Å². The first-order chi connectivity index (χ1) is 12.9. The molecule has 0 fully saturated rings. The van der Waals surface area contributed by atoms with Gasteiger partial charge in [0.15, 0.2) is 10.2 Å². The van der Waals surface area contributed by atoms with Crippen LogP contribution in [0.3, 0.4) is 0 Å². The first kappa shape index (κ1) is 17.9. The number of rotatable bonds is 5. The van der Waals surface area contributed by atoms with Crippen LogP contribution >= 0.6 is 23.2 Å². The van der Waals surface area contributed by atoms with Crippen LogP contribution in [0.5, 0.6) is 0 Å². The number of nitrogens with one attached hydrogen (secondary N) is 1. The summed E-state index contributed by atoms with van der Waals surface area (Å²) in [7, 11) is -3.96. The Labute approximate surface area is 163 Å². The summed E-state index contributed by atoms with van der Waals surface area (Å²) in [6.07, 6.45) is 1.56. The molecule has 0 bridgehead atoms. The van der Waals surface area contributed by atoms with Crippen LogP contribution in [0.15, 0.2) is 58.2 Å². The van der Waals surface area contributed by atoms with E-state index in [-0.39, 0.29) is 22.6 Å². The number of aromatic nitrogens is 4. The van der Waals surface area contributed by atoms with Crippen molar-refractivity contribution in [1.29, 1.82) is 0 Å². The molecule has 0 radical (unpaired) electrons. The summed E-state index contributed by atoms with van der Waals surface area (Å²) in [4.78, 5) is 8.21. The monoisotopic (exact) mass is 423 g/mol. The van der Waals surface area contributed by atoms with Gasteiger partial charge in [-0.2, -0.15) is 4.98 Å². The van der Waals surface area contributed by atoms with Crippen LogP contribution in [0, 0.1) is 0 Å². The third-order valence-corrected chi connectivity index (χ3v) is 5.74. The summed E-state index contributed by atoms with van der Waals surface area (Å²) < 4.78 is 34.2. The Balaban J connectivity index is 1.56. The Morgan fingerprint density at radius 3 is 2.63 bits per heavy atom. The first-order valence-electron chi connectivity index (χ1n) is 7.65. The number of fused-ring (bicyclic) bond motifs is 1. The van der Waals surface area contributed by atoms with Crippen molar-refractivity contribution in [3.63, 3.8) is 0 Å². The van der Waals surface area contributed by atoms with Gasteiger partial charge in [0.25, 0.3) is 10.0 Å². The molecule has 0 spiro atoms. The van der Waals surface area contributed by atoms with Gasteiger partial charge in [0, 0.05) is 16.8 Å². The van der Waals surface area contributed by atoms with E-state index in [2.05, 4.69) is 19.8 Å². The quantitative estimate of drug-likeness (QED) is 0.528. The fraction of sp³-hybridized carbons (Fsp3) is 0.0625. The number of sulfonamides is 1. The second-order valence-electron chi connectivity index (χ2n) is 5.48. The molecule has 4 rings (SSSR count). The molecule has 27 heavy (non-hydrogen) atoms. The van der Waals surface area contributed by atoms with Crippen molar-refractivity contribution in [3.8, 4) is 11.4 Å². The van der Waals surface area contributed by atoms with Crippen LogP contribution in [0.2, 0.25) is 10.2 Å². The lowest BCUT2D eigenvalue weighted by Gasteiger charge is -2.04. The zero-order chi connectivity index (χ0) is 19.0. The van der Waals surface area contributed by atoms with E-state index in [0.29, 0.717) is 22.1 Å². The molecule has 0 atom stereocenters. The number of benzene rings is 1. The summed E-state index contributed by atoms with van der Waals surface area (Å²) in [5.41, 5.74) is 1.12. The fourth-order valence-corrected chi connectivity index (χ4v) is 4.19. The summed E-state index contributed by atoms with van der Waals surface area (Å²) >= 11 is 11.9. The summed E-state index contributed by atoms with van der Waals surface area (Å²) in [5.74, 6) is 0.433. The maximum Gasteiger partial charge on any atom is 0.260 e. The van der Waals surface area contributed by atoms with Crippen LogP contribution in [-0.2, 0) is 16.6 Å². The highest BCUT2D eigenvalue weighted by molar-refractivity contribution is 7.89. The number of hydrogen-bond acceptors (Lipinski definition) is 6. The van der Waals surface area contributed by atoms with Crippen molar-refractivity contribution in [2.75, 3.05) is 0 Å². The minimum Gasteiger partial charge on any atom is -0.338 e. The number of imidazole rings is 1. The number of pyridine rings is 1. The Bertz CT molecular complexity index is 1220. The van der Waals surface area contributed by atoms with Gasteiger partial charge in [-0.25, -0.2) is 18.1 Å². The highest BCUT2D eigenvalue weighted by Gasteiger charge is 2.25. The van der Waals surface area contributed by atoms with Crippen molar-refractivity contribution in [3.05, 3.63) is 64.7 Å². The highest BCUT2D eigenvalue weighted by Crippen LogP contribution is 2.23. The molecular weight excluding hydrogens is 413 g/mol. The molecule has 1 N–H and O–H groups in total. The molecule has 0 amide bonds. The van der Waals surface area contributed by atoms with Gasteiger partial charge in [-0.15, -0.1) is 0 Å². The van der Waals surface area contributed by atoms with Gasteiger partial charge in [-0.3, -0.25) is 4.40 Å². The van der Waals surface area contributed by atoms with Gasteiger partial charge < -0.3 is 4.52 Å². The molecule has 3 aromatic heterocycles. The molecule has 0 unspecified atom stereocenters. The first-order valence-corrected chi connectivity index (χ1v) is 9.89. The minimum atomic E-state index is -3.96. The van der Waals surface area contributed by atoms with E-state index in [9.17, 15) is 8.42 Å². The van der Waals surface area contributed by atoms with Crippen molar-refractivity contribution >= 4 is 38.9 Å². The molecule has 0 saturated heterocycles. The predicted molar refractivity (Wildman–Crippen MR) is 99.0 cm³/mol. The molecule has 0 aliphatic carbocycles. The maximum atomic E-state index is 12.7. The highest BCUT2D eigenvalue weighted by atomic mass is 35.5. The minimum absolute atomic E-state index is 0.105. The molecule has 1 aromatic carbocycles. The molecular formula is C16H11Cl2N5O3S. The smallest absolute Gasteiger partial charge is 0.260 e. The van der Waals surface area contributed by atoms with Crippen molar-refractivity contribution in [1.82, 2.24) is 24.2 Å². The summed E-state index contributed by atoms with van der Waals surface area (Å²) in [5, 5.41) is 4.14. The van der Waals surface area contributed by atoms with E-state index in [1.54, 1.807) is 48.7 Å². The summed E-state index contributed by atoms with van der Waals surface area (Å²) in [6.45, 7) is -0.195. The Kier molecular flexibility index (Phi) is 4.60. The molecule has 8 nitrogen and oxygen atoms in total. The SMILES string of the molecule is O=S(=O)(NCc1nc(-c2ccc(Cl)cc2)no1)c1c(Cl)nc2ccccn12. The van der Waals surface area contributed by atoms with Gasteiger partial charge in [-0.1, -0.05) is 34.4 Å². The lowest BCUT2D eigenvalue weighted by molar-refractivity contribution is 0.376. The lowest BCUT2D eigenvalue weighted by Crippen LogP contribution is -2.25. The maximum absolute atomic E-state index is 12.7. The Morgan fingerprint density at radius 2 is 1.85 bits per heavy atom. The van der Waals surface area contributed by atoms with Gasteiger partial charge in [0.2, 0.25) is 11.7 Å². The average Bonchev–Trinajstić information content (AvgIpc) is 3.24. The van der Waals surface area contributed by atoms with Crippen LogP contribution < -0.4 is 4.72 Å². The number of nitrogens with zero attached hydrogens (tertiary/aromatic N) is 4. The van der Waals surface area contributed by atoms with Crippen LogP contribution in [0.25, 0.3) is 17.0 Å². The van der Waals surface area contributed by atoms with Gasteiger partial charge in [0.1, 0.15) is 5.65 Å². The van der Waals surface area contributed by atoms with E-state index in [4.69, 9.17) is 27.7 Å².